The van der Waals surface area contributed by atoms with Gasteiger partial charge in [-0.2, -0.15) is 8.78 Å². The Bertz CT molecular complexity index is 734. The summed E-state index contributed by atoms with van der Waals surface area (Å²) in [7, 11) is 1.30. The van der Waals surface area contributed by atoms with Crippen molar-refractivity contribution in [2.75, 3.05) is 7.11 Å². The monoisotopic (exact) mass is 370 g/mol. The summed E-state index contributed by atoms with van der Waals surface area (Å²) in [5, 5.41) is 5.15. The molecule has 0 bridgehead atoms. The molecule has 26 heavy (non-hydrogen) atoms. The van der Waals surface area contributed by atoms with E-state index < -0.39 is 24.7 Å². The number of hydrogen-bond acceptors (Lipinski definition) is 5. The Balaban J connectivity index is 2.44. The minimum atomic E-state index is -3.01. The third kappa shape index (κ3) is 4.41. The number of ether oxygens (including phenoxy) is 3. The van der Waals surface area contributed by atoms with E-state index in [1.165, 1.54) is 25.3 Å². The molecule has 1 aliphatic heterocycles. The van der Waals surface area contributed by atoms with Crippen molar-refractivity contribution in [2.24, 2.45) is 0 Å². The van der Waals surface area contributed by atoms with Crippen LogP contribution in [0.15, 0.2) is 29.5 Å². The first-order valence-corrected chi connectivity index (χ1v) is 7.85. The quantitative estimate of drug-likeness (QED) is 0.752. The van der Waals surface area contributed by atoms with E-state index >= 15 is 0 Å². The Morgan fingerprint density at radius 2 is 1.92 bits per heavy atom. The topological polar surface area (TPSA) is 85.9 Å². The van der Waals surface area contributed by atoms with Gasteiger partial charge in [-0.05, 0) is 38.5 Å². The molecule has 0 aromatic heterocycles. The van der Waals surface area contributed by atoms with E-state index in [1.54, 1.807) is 20.8 Å². The Morgan fingerprint density at radius 3 is 2.50 bits per heavy atom. The van der Waals surface area contributed by atoms with Gasteiger partial charge in [-0.1, -0.05) is 6.07 Å². The van der Waals surface area contributed by atoms with Crippen LogP contribution in [-0.4, -0.2) is 31.8 Å². The molecule has 0 aliphatic carbocycles. The minimum absolute atomic E-state index is 0.0461. The largest absolute Gasteiger partial charge is 0.493 e. The van der Waals surface area contributed by atoms with Gasteiger partial charge in [0, 0.05) is 5.70 Å². The van der Waals surface area contributed by atoms with Crippen molar-refractivity contribution in [3.05, 3.63) is 35.0 Å². The smallest absolute Gasteiger partial charge is 0.387 e. The lowest BCUT2D eigenvalue weighted by Gasteiger charge is -2.29. The summed E-state index contributed by atoms with van der Waals surface area (Å²) in [6.45, 7) is 1.98. The normalized spacial score (nSPS) is 17.1. The van der Waals surface area contributed by atoms with Gasteiger partial charge in [-0.25, -0.2) is 9.59 Å². The van der Waals surface area contributed by atoms with Gasteiger partial charge in [0.25, 0.3) is 0 Å². The Labute approximate surface area is 149 Å². The third-order valence-electron chi connectivity index (χ3n) is 3.57. The first-order chi connectivity index (χ1) is 12.2. The van der Waals surface area contributed by atoms with E-state index in [-0.39, 0.29) is 23.2 Å². The zero-order valence-corrected chi connectivity index (χ0v) is 14.8. The summed E-state index contributed by atoms with van der Waals surface area (Å²) in [6.07, 6.45) is -0.350. The van der Waals surface area contributed by atoms with Crippen LogP contribution in [-0.2, 0) is 9.53 Å². The fraction of sp³-hybridized carbons (Fsp3) is 0.412. The predicted octanol–water partition coefficient (Wildman–Crippen LogP) is 2.88. The highest BCUT2D eigenvalue weighted by atomic mass is 19.3. The molecule has 2 amide bonds. The number of benzene rings is 1. The molecule has 1 aromatic rings. The molecule has 7 nitrogen and oxygen atoms in total. The fourth-order valence-electron chi connectivity index (χ4n) is 2.55. The van der Waals surface area contributed by atoms with Crippen molar-refractivity contribution in [1.82, 2.24) is 10.6 Å². The van der Waals surface area contributed by atoms with Crippen LogP contribution in [0.3, 0.4) is 0 Å². The molecule has 1 aliphatic rings. The van der Waals surface area contributed by atoms with Crippen molar-refractivity contribution in [3.63, 3.8) is 0 Å². The van der Waals surface area contributed by atoms with Crippen LogP contribution in [0, 0.1) is 0 Å². The van der Waals surface area contributed by atoms with Gasteiger partial charge in [0.05, 0.1) is 24.8 Å². The van der Waals surface area contributed by atoms with Crippen LogP contribution < -0.4 is 20.1 Å². The maximum absolute atomic E-state index is 12.5. The van der Waals surface area contributed by atoms with Crippen LogP contribution >= 0.6 is 0 Å². The van der Waals surface area contributed by atoms with Gasteiger partial charge < -0.3 is 24.8 Å². The number of halogens is 2. The lowest BCUT2D eigenvalue weighted by atomic mass is 9.95. The molecule has 0 fully saturated rings. The van der Waals surface area contributed by atoms with Crippen molar-refractivity contribution in [3.8, 4) is 11.5 Å². The van der Waals surface area contributed by atoms with Gasteiger partial charge in [0.2, 0.25) is 0 Å². The fourth-order valence-corrected chi connectivity index (χ4v) is 2.55. The second-order valence-corrected chi connectivity index (χ2v) is 5.81. The lowest BCUT2D eigenvalue weighted by molar-refractivity contribution is -0.143. The molecule has 0 saturated heterocycles. The second kappa shape index (κ2) is 8.03. The van der Waals surface area contributed by atoms with Crippen LogP contribution in [0.5, 0.6) is 11.5 Å². The summed E-state index contributed by atoms with van der Waals surface area (Å²) in [6, 6.07) is 2.84. The molecule has 9 heteroatoms. The Morgan fingerprint density at radius 1 is 1.23 bits per heavy atom. The molecule has 2 rings (SSSR count). The number of hydrogen-bond donors (Lipinski definition) is 2. The highest BCUT2D eigenvalue weighted by Crippen LogP contribution is 2.35. The molecule has 142 valence electrons. The number of amides is 2. The zero-order valence-electron chi connectivity index (χ0n) is 14.8. The van der Waals surface area contributed by atoms with Crippen LogP contribution in [0.2, 0.25) is 0 Å². The number of alkyl halides is 2. The molecule has 0 radical (unpaired) electrons. The van der Waals surface area contributed by atoms with Crippen LogP contribution in [0.1, 0.15) is 32.4 Å². The van der Waals surface area contributed by atoms with E-state index in [0.717, 1.165) is 0 Å². The molecule has 1 heterocycles. The summed E-state index contributed by atoms with van der Waals surface area (Å²) in [5.41, 5.74) is 1.01. The van der Waals surface area contributed by atoms with E-state index in [9.17, 15) is 18.4 Å². The minimum Gasteiger partial charge on any atom is -0.493 e. The molecule has 1 atom stereocenters. The molecule has 1 aromatic carbocycles. The number of methoxy groups -OCH3 is 1. The Kier molecular flexibility index (Phi) is 6.01. The van der Waals surface area contributed by atoms with Crippen molar-refractivity contribution in [1.29, 1.82) is 0 Å². The van der Waals surface area contributed by atoms with Gasteiger partial charge in [-0.3, -0.25) is 0 Å². The van der Waals surface area contributed by atoms with Gasteiger partial charge >= 0.3 is 18.6 Å². The molecule has 0 saturated carbocycles. The number of rotatable bonds is 6. The molecule has 0 spiro atoms. The highest BCUT2D eigenvalue weighted by Gasteiger charge is 2.33. The summed E-state index contributed by atoms with van der Waals surface area (Å²) >= 11 is 0. The van der Waals surface area contributed by atoms with E-state index in [4.69, 9.17) is 9.47 Å². The lowest BCUT2D eigenvalue weighted by Crippen LogP contribution is -2.45. The predicted molar refractivity (Wildman–Crippen MR) is 88.0 cm³/mol. The van der Waals surface area contributed by atoms with E-state index in [2.05, 4.69) is 15.4 Å². The first-order valence-electron chi connectivity index (χ1n) is 7.85. The molecule has 2 N–H and O–H groups in total. The molecular formula is C17H20F2N2O5. The number of allylic oxidation sites excluding steroid dienone is 1. The summed E-state index contributed by atoms with van der Waals surface area (Å²) < 4.78 is 39.6. The first kappa shape index (κ1) is 19.5. The highest BCUT2D eigenvalue weighted by molar-refractivity contribution is 5.95. The standard InChI is InChI=1S/C17H20F2N2O5/c1-8(2)25-15(22)13-9(3)20-17(23)21-14(13)10-5-6-11(26-16(18)19)12(7-10)24-4/h5-8,14,16H,1-4H3,(H2,20,21,23)/t14-/m1/s1. The van der Waals surface area contributed by atoms with Crippen LogP contribution in [0.25, 0.3) is 0 Å². The number of urea groups is 1. The average Bonchev–Trinajstić information content (AvgIpc) is 2.53. The maximum atomic E-state index is 12.5. The second-order valence-electron chi connectivity index (χ2n) is 5.81. The number of nitrogens with one attached hydrogen (secondary N) is 2. The maximum Gasteiger partial charge on any atom is 0.387 e. The van der Waals surface area contributed by atoms with Crippen LogP contribution in [0.4, 0.5) is 13.6 Å². The summed E-state index contributed by atoms with van der Waals surface area (Å²) in [4.78, 5) is 24.3. The zero-order chi connectivity index (χ0) is 19.4. The molecule has 0 unspecified atom stereocenters. The Hall–Kier alpha value is -2.84. The average molecular weight is 370 g/mol. The third-order valence-corrected chi connectivity index (χ3v) is 3.57. The van der Waals surface area contributed by atoms with Crippen molar-refractivity contribution < 1.29 is 32.6 Å². The molecular weight excluding hydrogens is 350 g/mol. The summed E-state index contributed by atoms with van der Waals surface area (Å²) in [5.74, 6) is -0.704. The van der Waals surface area contributed by atoms with Crippen molar-refractivity contribution >= 4 is 12.0 Å². The number of carbonyl (C=O) groups excluding carboxylic acids is 2. The van der Waals surface area contributed by atoms with E-state index in [1.807, 2.05) is 0 Å². The van der Waals surface area contributed by atoms with Crippen molar-refractivity contribution in [2.45, 2.75) is 39.5 Å². The number of esters is 1. The number of carbonyl (C=O) groups is 2. The van der Waals surface area contributed by atoms with Gasteiger partial charge in [0.1, 0.15) is 0 Å². The SMILES string of the molecule is COc1cc([C@H]2NC(=O)NC(C)=C2C(=O)OC(C)C)ccc1OC(F)F. The van der Waals surface area contributed by atoms with Gasteiger partial charge in [0.15, 0.2) is 11.5 Å². The van der Waals surface area contributed by atoms with Gasteiger partial charge in [-0.15, -0.1) is 0 Å². The van der Waals surface area contributed by atoms with E-state index in [0.29, 0.717) is 11.3 Å².